The van der Waals surface area contributed by atoms with Crippen molar-refractivity contribution in [1.82, 2.24) is 0 Å². The van der Waals surface area contributed by atoms with Crippen LogP contribution in [0.2, 0.25) is 0 Å². The van der Waals surface area contributed by atoms with E-state index in [4.69, 9.17) is 0 Å². The van der Waals surface area contributed by atoms with Crippen LogP contribution in [0, 0.1) is 22.2 Å². The molecule has 3 aliphatic carbocycles. The van der Waals surface area contributed by atoms with Crippen molar-refractivity contribution in [3.63, 3.8) is 0 Å². The summed E-state index contributed by atoms with van der Waals surface area (Å²) in [7, 11) is 0. The van der Waals surface area contributed by atoms with Gasteiger partial charge in [0.15, 0.2) is 0 Å². The topological polar surface area (TPSA) is 0 Å². The standard InChI is InChI=1S/C9H14/c1-7(2)8(3)4-6-5-9(6,7)8/h6H,4-5H2,1-3H3. The molecule has 0 heterocycles. The molecule has 0 heteroatoms. The molecule has 0 aromatic carbocycles. The molecule has 3 aliphatic rings. The zero-order chi connectivity index (χ0) is 6.49. The van der Waals surface area contributed by atoms with E-state index in [1.54, 1.807) is 12.8 Å². The molecule has 0 N–H and O–H groups in total. The molecular weight excluding hydrogens is 108 g/mol. The van der Waals surface area contributed by atoms with Crippen LogP contribution >= 0.6 is 0 Å². The largest absolute Gasteiger partial charge is 0.0588 e. The van der Waals surface area contributed by atoms with E-state index in [0.717, 1.165) is 22.2 Å². The molecule has 3 atom stereocenters. The molecule has 9 heavy (non-hydrogen) atoms. The quantitative estimate of drug-likeness (QED) is 0.463. The molecule has 3 fully saturated rings. The van der Waals surface area contributed by atoms with Crippen LogP contribution in [0.3, 0.4) is 0 Å². The average molecular weight is 122 g/mol. The Labute approximate surface area is 56.6 Å². The van der Waals surface area contributed by atoms with Gasteiger partial charge in [0.1, 0.15) is 0 Å². The third-order valence-corrected chi connectivity index (χ3v) is 5.18. The van der Waals surface area contributed by atoms with Gasteiger partial charge in [0, 0.05) is 0 Å². The summed E-state index contributed by atoms with van der Waals surface area (Å²) < 4.78 is 0. The normalized spacial score (nSPS) is 71.7. The van der Waals surface area contributed by atoms with E-state index in [0.29, 0.717) is 0 Å². The SMILES string of the molecule is CC1(C)C2(C)CC3CC312. The minimum Gasteiger partial charge on any atom is -0.0588 e. The van der Waals surface area contributed by atoms with Crippen molar-refractivity contribution in [2.75, 3.05) is 0 Å². The average Bonchev–Trinajstić information content (AvgIpc) is 2.40. The fraction of sp³-hybridized carbons (Fsp3) is 1.00. The highest BCUT2D eigenvalue weighted by atomic mass is 15.0. The van der Waals surface area contributed by atoms with Gasteiger partial charge in [-0.1, -0.05) is 20.8 Å². The molecule has 3 rings (SSSR count). The van der Waals surface area contributed by atoms with E-state index < -0.39 is 0 Å². The highest BCUT2D eigenvalue weighted by molar-refractivity contribution is 5.44. The third-order valence-electron chi connectivity index (χ3n) is 5.18. The molecule has 0 nitrogen and oxygen atoms in total. The molecule has 0 bridgehead atoms. The van der Waals surface area contributed by atoms with E-state index in [9.17, 15) is 0 Å². The molecule has 0 amide bonds. The first-order valence-corrected chi connectivity index (χ1v) is 4.06. The maximum atomic E-state index is 2.48. The summed E-state index contributed by atoms with van der Waals surface area (Å²) >= 11 is 0. The van der Waals surface area contributed by atoms with Gasteiger partial charge >= 0.3 is 0 Å². The monoisotopic (exact) mass is 122 g/mol. The first-order valence-electron chi connectivity index (χ1n) is 4.06. The smallest absolute Gasteiger partial charge is 0.0150 e. The summed E-state index contributed by atoms with van der Waals surface area (Å²) in [6.45, 7) is 7.40. The first kappa shape index (κ1) is 4.76. The lowest BCUT2D eigenvalue weighted by atomic mass is 9.86. The summed E-state index contributed by atoms with van der Waals surface area (Å²) in [6, 6.07) is 0. The van der Waals surface area contributed by atoms with Crippen LogP contribution in [0.4, 0.5) is 0 Å². The Morgan fingerprint density at radius 2 is 1.78 bits per heavy atom. The molecule has 3 saturated carbocycles. The summed E-state index contributed by atoms with van der Waals surface area (Å²) in [5, 5.41) is 0. The van der Waals surface area contributed by atoms with Crippen molar-refractivity contribution in [3.8, 4) is 0 Å². The van der Waals surface area contributed by atoms with Crippen molar-refractivity contribution < 1.29 is 0 Å². The van der Waals surface area contributed by atoms with Gasteiger partial charge < -0.3 is 0 Å². The molecule has 0 radical (unpaired) electrons. The van der Waals surface area contributed by atoms with Crippen LogP contribution < -0.4 is 0 Å². The molecular formula is C9H14. The van der Waals surface area contributed by atoms with Crippen LogP contribution in [0.25, 0.3) is 0 Å². The van der Waals surface area contributed by atoms with Gasteiger partial charge in [0.05, 0.1) is 0 Å². The Morgan fingerprint density at radius 3 is 1.78 bits per heavy atom. The Balaban J connectivity index is 2.16. The van der Waals surface area contributed by atoms with Crippen molar-refractivity contribution >= 4 is 0 Å². The van der Waals surface area contributed by atoms with E-state index in [1.165, 1.54) is 0 Å². The van der Waals surface area contributed by atoms with Crippen molar-refractivity contribution in [1.29, 1.82) is 0 Å². The highest BCUT2D eigenvalue weighted by Gasteiger charge is 2.96. The summed E-state index contributed by atoms with van der Waals surface area (Å²) in [4.78, 5) is 0. The van der Waals surface area contributed by atoms with E-state index in [2.05, 4.69) is 20.8 Å². The Kier molecular flexibility index (Phi) is 0.392. The molecule has 50 valence electrons. The lowest BCUT2D eigenvalue weighted by molar-refractivity contribution is 0.301. The van der Waals surface area contributed by atoms with Crippen molar-refractivity contribution in [2.45, 2.75) is 33.6 Å². The van der Waals surface area contributed by atoms with Crippen LogP contribution in [0.1, 0.15) is 33.6 Å². The molecule has 0 aromatic heterocycles. The molecule has 3 unspecified atom stereocenters. The predicted molar refractivity (Wildman–Crippen MR) is 37.0 cm³/mol. The maximum Gasteiger partial charge on any atom is -0.0150 e. The summed E-state index contributed by atoms with van der Waals surface area (Å²) in [5.41, 5.74) is 2.41. The molecule has 1 spiro atoms. The Bertz CT molecular complexity index is 182. The Morgan fingerprint density at radius 1 is 1.11 bits per heavy atom. The zero-order valence-corrected chi connectivity index (χ0v) is 6.49. The second-order valence-corrected chi connectivity index (χ2v) is 5.03. The van der Waals surface area contributed by atoms with Gasteiger partial charge in [-0.2, -0.15) is 0 Å². The number of hydrogen-bond donors (Lipinski definition) is 0. The van der Waals surface area contributed by atoms with Crippen molar-refractivity contribution in [2.24, 2.45) is 22.2 Å². The van der Waals surface area contributed by atoms with Gasteiger partial charge in [-0.05, 0) is 35.0 Å². The zero-order valence-electron chi connectivity index (χ0n) is 6.49. The molecule has 0 saturated heterocycles. The van der Waals surface area contributed by atoms with Gasteiger partial charge in [-0.15, -0.1) is 0 Å². The molecule has 0 aromatic rings. The highest BCUT2D eigenvalue weighted by Crippen LogP contribution is 3.02. The van der Waals surface area contributed by atoms with Crippen LogP contribution in [-0.2, 0) is 0 Å². The van der Waals surface area contributed by atoms with E-state index >= 15 is 0 Å². The predicted octanol–water partition coefficient (Wildman–Crippen LogP) is 2.44. The fourth-order valence-electron chi connectivity index (χ4n) is 4.15. The van der Waals surface area contributed by atoms with Crippen LogP contribution in [0.5, 0.6) is 0 Å². The minimum absolute atomic E-state index is 0.727. The summed E-state index contributed by atoms with van der Waals surface area (Å²) in [5.74, 6) is 1.16. The van der Waals surface area contributed by atoms with Crippen LogP contribution in [0.15, 0.2) is 0 Å². The first-order chi connectivity index (χ1) is 4.06. The van der Waals surface area contributed by atoms with Crippen LogP contribution in [-0.4, -0.2) is 0 Å². The number of hydrogen-bond acceptors (Lipinski definition) is 0. The second-order valence-electron chi connectivity index (χ2n) is 5.03. The Hall–Kier alpha value is 0. The second kappa shape index (κ2) is 0.741. The lowest BCUT2D eigenvalue weighted by Gasteiger charge is -2.18. The van der Waals surface area contributed by atoms with Crippen molar-refractivity contribution in [3.05, 3.63) is 0 Å². The van der Waals surface area contributed by atoms with Gasteiger partial charge in [-0.25, -0.2) is 0 Å². The van der Waals surface area contributed by atoms with Gasteiger partial charge in [-0.3, -0.25) is 0 Å². The lowest BCUT2D eigenvalue weighted by Crippen LogP contribution is -2.11. The fourth-order valence-corrected chi connectivity index (χ4v) is 4.15. The minimum atomic E-state index is 0.727. The van der Waals surface area contributed by atoms with E-state index in [1.807, 2.05) is 0 Å². The number of rotatable bonds is 0. The maximum absolute atomic E-state index is 2.48. The molecule has 0 aliphatic heterocycles. The van der Waals surface area contributed by atoms with Gasteiger partial charge in [0.2, 0.25) is 0 Å². The summed E-state index contributed by atoms with van der Waals surface area (Å²) in [6.07, 6.45) is 3.11. The third kappa shape index (κ3) is 0.189. The van der Waals surface area contributed by atoms with E-state index in [-0.39, 0.29) is 0 Å². The van der Waals surface area contributed by atoms with Gasteiger partial charge in [0.25, 0.3) is 0 Å².